The smallest absolute Gasteiger partial charge is 0.236 e. The van der Waals surface area contributed by atoms with Crippen molar-refractivity contribution in [3.8, 4) is 5.75 Å². The van der Waals surface area contributed by atoms with Crippen molar-refractivity contribution in [1.29, 1.82) is 0 Å². The van der Waals surface area contributed by atoms with Crippen LogP contribution < -0.4 is 14.8 Å². The molecule has 0 bridgehead atoms. The largest absolute Gasteiger partial charge is 0.491 e. The quantitative estimate of drug-likeness (QED) is 0.565. The number of carbonyl (C=O) groups is 2. The fourth-order valence-electron chi connectivity index (χ4n) is 6.19. The molecule has 0 aromatic heterocycles. The van der Waals surface area contributed by atoms with Crippen LogP contribution in [0.15, 0.2) is 24.3 Å². The van der Waals surface area contributed by atoms with Gasteiger partial charge in [0, 0.05) is 19.1 Å². The standard InChI is InChI=1S/C28H44N4O5S/c1-38(35,36)30-16-12-24-10-5-7-18-32(24)26(33)22-31-19-14-28(15-20-31)13-6-4-9-23-8-2-3-11-25(23)37-21-17-29-27(28)34/h2-3,8,11,24,30H,4-7,9-10,12-22H2,1H3,(H,29,34). The molecule has 2 saturated heterocycles. The number of likely N-dealkylation sites (tertiary alicyclic amines) is 2. The van der Waals surface area contributed by atoms with Crippen LogP contribution in [0.3, 0.4) is 0 Å². The number of benzene rings is 1. The van der Waals surface area contributed by atoms with E-state index in [4.69, 9.17) is 4.74 Å². The second-order valence-corrected chi connectivity index (χ2v) is 13.0. The lowest BCUT2D eigenvalue weighted by atomic mass is 9.73. The maximum absolute atomic E-state index is 13.3. The molecular formula is C28H44N4O5S. The van der Waals surface area contributed by atoms with E-state index < -0.39 is 10.0 Å². The average molecular weight is 549 g/mol. The van der Waals surface area contributed by atoms with Gasteiger partial charge in [0.15, 0.2) is 0 Å². The Morgan fingerprint density at radius 3 is 2.68 bits per heavy atom. The first-order chi connectivity index (χ1) is 18.3. The molecule has 2 amide bonds. The summed E-state index contributed by atoms with van der Waals surface area (Å²) in [4.78, 5) is 30.8. The minimum Gasteiger partial charge on any atom is -0.491 e. The Labute approximate surface area is 227 Å². The first-order valence-electron chi connectivity index (χ1n) is 14.2. The van der Waals surface area contributed by atoms with Crippen LogP contribution in [-0.2, 0) is 26.0 Å². The average Bonchev–Trinajstić information content (AvgIpc) is 2.89. The number of para-hydroxylation sites is 1. The molecule has 1 aromatic carbocycles. The molecule has 9 nitrogen and oxygen atoms in total. The van der Waals surface area contributed by atoms with Crippen LogP contribution in [-0.4, -0.2) is 88.2 Å². The van der Waals surface area contributed by atoms with E-state index in [1.807, 2.05) is 23.1 Å². The van der Waals surface area contributed by atoms with Gasteiger partial charge in [-0.3, -0.25) is 14.5 Å². The lowest BCUT2D eigenvalue weighted by molar-refractivity contribution is -0.138. The zero-order chi connectivity index (χ0) is 27.0. The van der Waals surface area contributed by atoms with Gasteiger partial charge in [0.05, 0.1) is 24.8 Å². The van der Waals surface area contributed by atoms with Gasteiger partial charge >= 0.3 is 0 Å². The maximum Gasteiger partial charge on any atom is 0.236 e. The van der Waals surface area contributed by atoms with E-state index in [1.165, 1.54) is 5.56 Å². The molecule has 1 unspecified atom stereocenters. The highest BCUT2D eigenvalue weighted by atomic mass is 32.2. The number of rotatable bonds is 6. The summed E-state index contributed by atoms with van der Waals surface area (Å²) < 4.78 is 31.4. The second-order valence-electron chi connectivity index (χ2n) is 11.2. The molecule has 38 heavy (non-hydrogen) atoms. The van der Waals surface area contributed by atoms with Crippen LogP contribution in [0, 0.1) is 5.41 Å². The molecule has 3 aliphatic rings. The van der Waals surface area contributed by atoms with Crippen LogP contribution in [0.2, 0.25) is 0 Å². The van der Waals surface area contributed by atoms with E-state index in [0.29, 0.717) is 32.7 Å². The van der Waals surface area contributed by atoms with Gasteiger partial charge in [-0.05, 0) is 82.5 Å². The lowest BCUT2D eigenvalue weighted by Crippen LogP contribution is -2.53. The second kappa shape index (κ2) is 13.3. The molecule has 212 valence electrons. The van der Waals surface area contributed by atoms with Crippen molar-refractivity contribution >= 4 is 21.8 Å². The zero-order valence-electron chi connectivity index (χ0n) is 22.8. The molecule has 1 aromatic rings. The van der Waals surface area contributed by atoms with E-state index in [2.05, 4.69) is 21.0 Å². The van der Waals surface area contributed by atoms with Crippen LogP contribution in [0.5, 0.6) is 5.75 Å². The van der Waals surface area contributed by atoms with Gasteiger partial charge < -0.3 is 15.0 Å². The summed E-state index contributed by atoms with van der Waals surface area (Å²) >= 11 is 0. The molecule has 0 aliphatic carbocycles. The number of nitrogens with zero attached hydrogens (tertiary/aromatic N) is 2. The summed E-state index contributed by atoms with van der Waals surface area (Å²) in [6, 6.07) is 8.23. The predicted molar refractivity (Wildman–Crippen MR) is 147 cm³/mol. The Hall–Kier alpha value is -2.17. The Morgan fingerprint density at radius 2 is 1.89 bits per heavy atom. The molecule has 0 saturated carbocycles. The van der Waals surface area contributed by atoms with Crippen molar-refractivity contribution in [2.45, 2.75) is 70.3 Å². The number of amides is 2. The minimum atomic E-state index is -3.23. The highest BCUT2D eigenvalue weighted by Gasteiger charge is 2.41. The van der Waals surface area contributed by atoms with Crippen molar-refractivity contribution in [3.05, 3.63) is 29.8 Å². The number of hydrogen-bond acceptors (Lipinski definition) is 6. The van der Waals surface area contributed by atoms with Crippen molar-refractivity contribution in [2.75, 3.05) is 52.1 Å². The Bertz CT molecular complexity index is 1060. The van der Waals surface area contributed by atoms with Gasteiger partial charge in [0.25, 0.3) is 0 Å². The third-order valence-electron chi connectivity index (χ3n) is 8.41. The normalized spacial score (nSPS) is 23.4. The number of ether oxygens (including phenoxy) is 1. The Morgan fingerprint density at radius 1 is 1.11 bits per heavy atom. The maximum atomic E-state index is 13.3. The Balaban J connectivity index is 1.30. The molecular weight excluding hydrogens is 504 g/mol. The number of carbonyl (C=O) groups excluding carboxylic acids is 2. The number of piperidine rings is 2. The molecule has 2 N–H and O–H groups in total. The van der Waals surface area contributed by atoms with Gasteiger partial charge in [0.1, 0.15) is 12.4 Å². The van der Waals surface area contributed by atoms with Gasteiger partial charge in [-0.2, -0.15) is 0 Å². The monoisotopic (exact) mass is 548 g/mol. The van der Waals surface area contributed by atoms with E-state index >= 15 is 0 Å². The fraction of sp³-hybridized carbons (Fsp3) is 0.714. The van der Waals surface area contributed by atoms with Crippen LogP contribution in [0.4, 0.5) is 0 Å². The number of sulfonamides is 1. The van der Waals surface area contributed by atoms with Crippen molar-refractivity contribution in [2.24, 2.45) is 5.41 Å². The molecule has 10 heteroatoms. The first kappa shape index (κ1) is 28.8. The molecule has 1 atom stereocenters. The van der Waals surface area contributed by atoms with Crippen LogP contribution in [0.25, 0.3) is 0 Å². The first-order valence-corrected chi connectivity index (χ1v) is 16.1. The van der Waals surface area contributed by atoms with Crippen molar-refractivity contribution in [1.82, 2.24) is 19.8 Å². The molecule has 3 heterocycles. The predicted octanol–water partition coefficient (Wildman–Crippen LogP) is 2.31. The summed E-state index contributed by atoms with van der Waals surface area (Å²) in [6.45, 7) is 3.84. The molecule has 0 radical (unpaired) electrons. The topological polar surface area (TPSA) is 108 Å². The fourth-order valence-corrected chi connectivity index (χ4v) is 6.68. The summed E-state index contributed by atoms with van der Waals surface area (Å²) in [6.07, 6.45) is 10.1. The van der Waals surface area contributed by atoms with E-state index in [-0.39, 0.29) is 23.3 Å². The number of hydrogen-bond donors (Lipinski definition) is 2. The summed E-state index contributed by atoms with van der Waals surface area (Å²) in [7, 11) is -3.23. The molecule has 1 spiro atoms. The van der Waals surface area contributed by atoms with Gasteiger partial charge in [-0.25, -0.2) is 13.1 Å². The van der Waals surface area contributed by atoms with Crippen molar-refractivity contribution < 1.29 is 22.7 Å². The molecule has 4 rings (SSSR count). The van der Waals surface area contributed by atoms with Gasteiger partial charge in [-0.1, -0.05) is 24.6 Å². The number of nitrogens with one attached hydrogen (secondary N) is 2. The van der Waals surface area contributed by atoms with Crippen LogP contribution in [0.1, 0.15) is 63.4 Å². The Kier molecular flexibility index (Phi) is 10.1. The van der Waals surface area contributed by atoms with Crippen molar-refractivity contribution in [3.63, 3.8) is 0 Å². The summed E-state index contributed by atoms with van der Waals surface area (Å²) in [5, 5.41) is 3.13. The highest BCUT2D eigenvalue weighted by molar-refractivity contribution is 7.88. The lowest BCUT2D eigenvalue weighted by Gasteiger charge is -2.42. The van der Waals surface area contributed by atoms with Gasteiger partial charge in [0.2, 0.25) is 21.8 Å². The summed E-state index contributed by atoms with van der Waals surface area (Å²) in [5.74, 6) is 1.15. The molecule has 2 fully saturated rings. The van der Waals surface area contributed by atoms with Gasteiger partial charge in [-0.15, -0.1) is 0 Å². The summed E-state index contributed by atoms with van der Waals surface area (Å²) in [5.41, 5.74) is 0.841. The number of fused-ring (bicyclic) bond motifs is 1. The minimum absolute atomic E-state index is 0.0751. The highest BCUT2D eigenvalue weighted by Crippen LogP contribution is 2.38. The number of aryl methyl sites for hydroxylation is 1. The SMILES string of the molecule is CS(=O)(=O)NCCC1CCCCN1C(=O)CN1CCC2(CCCCc3ccccc3OCCNC2=O)CC1. The van der Waals surface area contributed by atoms with E-state index in [9.17, 15) is 18.0 Å². The molecule has 3 aliphatic heterocycles. The van der Waals surface area contributed by atoms with E-state index in [0.717, 1.165) is 89.4 Å². The van der Waals surface area contributed by atoms with E-state index in [1.54, 1.807) is 0 Å². The third-order valence-corrected chi connectivity index (χ3v) is 9.14. The zero-order valence-corrected chi connectivity index (χ0v) is 23.6. The third kappa shape index (κ3) is 7.93. The van der Waals surface area contributed by atoms with Crippen LogP contribution >= 0.6 is 0 Å².